The van der Waals surface area contributed by atoms with Gasteiger partial charge in [-0.15, -0.1) is 0 Å². The minimum absolute atomic E-state index is 0.120. The number of nitrogens with one attached hydrogen (secondary N) is 1. The molecule has 1 aliphatic rings. The zero-order valence-corrected chi connectivity index (χ0v) is 14.4. The first-order valence-corrected chi connectivity index (χ1v) is 8.40. The summed E-state index contributed by atoms with van der Waals surface area (Å²) in [7, 11) is 0. The van der Waals surface area contributed by atoms with Gasteiger partial charge in [0.25, 0.3) is 5.91 Å². The molecular weight excluding hydrogens is 310 g/mol. The Hall–Kier alpha value is -1.78. The predicted octanol–water partition coefficient (Wildman–Crippen LogP) is 3.18. The number of aromatic nitrogens is 1. The first-order valence-electron chi connectivity index (χ1n) is 8.03. The Morgan fingerprint density at radius 2 is 2.00 bits per heavy atom. The lowest BCUT2D eigenvalue weighted by atomic mass is 10.2. The van der Waals surface area contributed by atoms with E-state index in [1.54, 1.807) is 0 Å². The zero-order chi connectivity index (χ0) is 16.4. The van der Waals surface area contributed by atoms with Gasteiger partial charge in [0.1, 0.15) is 0 Å². The molecule has 0 atom stereocenters. The lowest BCUT2D eigenvalue weighted by Crippen LogP contribution is -2.34. The van der Waals surface area contributed by atoms with Gasteiger partial charge < -0.3 is 14.8 Å². The predicted molar refractivity (Wildman–Crippen MR) is 93.6 cm³/mol. The average Bonchev–Trinajstić information content (AvgIpc) is 2.72. The van der Waals surface area contributed by atoms with Crippen molar-refractivity contribution in [3.05, 3.63) is 52.3 Å². The van der Waals surface area contributed by atoms with Crippen molar-refractivity contribution in [2.75, 3.05) is 26.2 Å². The second kappa shape index (κ2) is 6.77. The van der Waals surface area contributed by atoms with E-state index >= 15 is 0 Å². The molecule has 5 heteroatoms. The Labute approximate surface area is 142 Å². The van der Waals surface area contributed by atoms with Crippen LogP contribution in [-0.4, -0.2) is 41.6 Å². The lowest BCUT2D eigenvalue weighted by Gasteiger charge is -2.20. The smallest absolute Gasteiger partial charge is 0.255 e. The number of halogens is 1. The van der Waals surface area contributed by atoms with E-state index < -0.39 is 0 Å². The molecular formula is C18H22ClN3O. The van der Waals surface area contributed by atoms with Crippen molar-refractivity contribution in [1.29, 1.82) is 0 Å². The Morgan fingerprint density at radius 3 is 2.78 bits per heavy atom. The van der Waals surface area contributed by atoms with Crippen molar-refractivity contribution in [1.82, 2.24) is 14.8 Å². The highest BCUT2D eigenvalue weighted by atomic mass is 35.5. The van der Waals surface area contributed by atoms with Crippen LogP contribution < -0.4 is 5.32 Å². The van der Waals surface area contributed by atoms with Crippen LogP contribution in [0.3, 0.4) is 0 Å². The lowest BCUT2D eigenvalue weighted by molar-refractivity contribution is 0.0765. The number of hydrogen-bond donors (Lipinski definition) is 1. The van der Waals surface area contributed by atoms with E-state index in [0.717, 1.165) is 55.2 Å². The highest BCUT2D eigenvalue weighted by Crippen LogP contribution is 2.24. The molecule has 3 rings (SSSR count). The van der Waals surface area contributed by atoms with E-state index in [9.17, 15) is 4.79 Å². The summed E-state index contributed by atoms with van der Waals surface area (Å²) < 4.78 is 2.09. The minimum atomic E-state index is 0.120. The van der Waals surface area contributed by atoms with Crippen LogP contribution in [-0.2, 0) is 0 Å². The fraction of sp³-hybridized carbons (Fsp3) is 0.389. The summed E-state index contributed by atoms with van der Waals surface area (Å²) in [6.07, 6.45) is 0.999. The Morgan fingerprint density at radius 1 is 1.17 bits per heavy atom. The quantitative estimate of drug-likeness (QED) is 0.917. The molecule has 122 valence electrons. The third-order valence-corrected chi connectivity index (χ3v) is 4.59. The molecule has 23 heavy (non-hydrogen) atoms. The van der Waals surface area contributed by atoms with E-state index in [1.807, 2.05) is 49.1 Å². The van der Waals surface area contributed by atoms with Gasteiger partial charge in [-0.3, -0.25) is 4.79 Å². The van der Waals surface area contributed by atoms with E-state index in [4.69, 9.17) is 11.6 Å². The van der Waals surface area contributed by atoms with Crippen molar-refractivity contribution < 1.29 is 4.79 Å². The van der Waals surface area contributed by atoms with Crippen LogP contribution >= 0.6 is 11.6 Å². The molecule has 1 fully saturated rings. The van der Waals surface area contributed by atoms with Crippen molar-refractivity contribution in [2.24, 2.45) is 0 Å². The molecule has 0 unspecified atom stereocenters. The third kappa shape index (κ3) is 3.28. The Kier molecular flexibility index (Phi) is 4.74. The molecule has 1 saturated heterocycles. The molecule has 1 amide bonds. The van der Waals surface area contributed by atoms with Crippen LogP contribution in [0.2, 0.25) is 5.02 Å². The zero-order valence-electron chi connectivity index (χ0n) is 13.6. The Bertz CT molecular complexity index is 715. The largest absolute Gasteiger partial charge is 0.337 e. The molecule has 1 aromatic heterocycles. The van der Waals surface area contributed by atoms with Gasteiger partial charge in [-0.25, -0.2) is 0 Å². The second-order valence-corrected chi connectivity index (χ2v) is 6.43. The van der Waals surface area contributed by atoms with Gasteiger partial charge in [-0.1, -0.05) is 17.7 Å². The number of rotatable bonds is 2. The van der Waals surface area contributed by atoms with Gasteiger partial charge in [-0.05, 0) is 51.1 Å². The summed E-state index contributed by atoms with van der Waals surface area (Å²) in [5, 5.41) is 4.03. The number of nitrogens with zero attached hydrogens (tertiary/aromatic N) is 2. The number of aryl methyl sites for hydroxylation is 1. The fourth-order valence-corrected chi connectivity index (χ4v) is 3.40. The number of hydrogen-bond acceptors (Lipinski definition) is 2. The second-order valence-electron chi connectivity index (χ2n) is 6.00. The molecule has 1 aromatic carbocycles. The summed E-state index contributed by atoms with van der Waals surface area (Å²) in [6, 6.07) is 9.70. The standard InChI is InChI=1S/C18H22ClN3O/c1-13-11-17(18(23)21-9-4-7-20-8-10-21)14(2)22(13)16-6-3-5-15(19)12-16/h3,5-6,11-12,20H,4,7-10H2,1-2H3. The van der Waals surface area contributed by atoms with Gasteiger partial charge in [0.2, 0.25) is 0 Å². The molecule has 1 N–H and O–H groups in total. The van der Waals surface area contributed by atoms with Crippen LogP contribution in [0.1, 0.15) is 28.2 Å². The first kappa shape index (κ1) is 16.1. The van der Waals surface area contributed by atoms with Gasteiger partial charge in [0.15, 0.2) is 0 Å². The molecule has 2 aromatic rings. The van der Waals surface area contributed by atoms with Crippen molar-refractivity contribution in [2.45, 2.75) is 20.3 Å². The van der Waals surface area contributed by atoms with E-state index in [0.29, 0.717) is 5.02 Å². The maximum atomic E-state index is 12.9. The summed E-state index contributed by atoms with van der Waals surface area (Å²) >= 11 is 6.11. The SMILES string of the molecule is Cc1cc(C(=O)N2CCCNCC2)c(C)n1-c1cccc(Cl)c1. The molecule has 0 aliphatic carbocycles. The highest BCUT2D eigenvalue weighted by Gasteiger charge is 2.22. The van der Waals surface area contributed by atoms with Gasteiger partial charge >= 0.3 is 0 Å². The third-order valence-electron chi connectivity index (χ3n) is 4.36. The molecule has 0 bridgehead atoms. The van der Waals surface area contributed by atoms with E-state index in [-0.39, 0.29) is 5.91 Å². The maximum Gasteiger partial charge on any atom is 0.255 e. The van der Waals surface area contributed by atoms with Crippen LogP contribution in [0.5, 0.6) is 0 Å². The summed E-state index contributed by atoms with van der Waals surface area (Å²) in [5.74, 6) is 0.120. The fourth-order valence-electron chi connectivity index (χ4n) is 3.21. The monoisotopic (exact) mass is 331 g/mol. The number of amides is 1. The van der Waals surface area contributed by atoms with Gasteiger partial charge in [0, 0.05) is 41.7 Å². The van der Waals surface area contributed by atoms with E-state index in [2.05, 4.69) is 9.88 Å². The van der Waals surface area contributed by atoms with Crippen LogP contribution in [0, 0.1) is 13.8 Å². The van der Waals surface area contributed by atoms with Gasteiger partial charge in [0.05, 0.1) is 5.56 Å². The van der Waals surface area contributed by atoms with Crippen LogP contribution in [0.15, 0.2) is 30.3 Å². The normalized spacial score (nSPS) is 15.5. The molecule has 0 saturated carbocycles. The number of benzene rings is 1. The van der Waals surface area contributed by atoms with E-state index in [1.165, 1.54) is 0 Å². The average molecular weight is 332 g/mol. The first-order chi connectivity index (χ1) is 11.1. The number of carbonyl (C=O) groups excluding carboxylic acids is 1. The van der Waals surface area contributed by atoms with Crippen LogP contribution in [0.4, 0.5) is 0 Å². The minimum Gasteiger partial charge on any atom is -0.337 e. The molecule has 0 radical (unpaired) electrons. The topological polar surface area (TPSA) is 37.3 Å². The van der Waals surface area contributed by atoms with Crippen molar-refractivity contribution in [3.8, 4) is 5.69 Å². The molecule has 2 heterocycles. The van der Waals surface area contributed by atoms with Crippen molar-refractivity contribution >= 4 is 17.5 Å². The van der Waals surface area contributed by atoms with Crippen LogP contribution in [0.25, 0.3) is 5.69 Å². The molecule has 0 spiro atoms. The number of carbonyl (C=O) groups is 1. The summed E-state index contributed by atoms with van der Waals surface area (Å²) in [4.78, 5) is 14.8. The summed E-state index contributed by atoms with van der Waals surface area (Å²) in [5.41, 5.74) is 3.78. The Balaban J connectivity index is 1.95. The highest BCUT2D eigenvalue weighted by molar-refractivity contribution is 6.30. The van der Waals surface area contributed by atoms with Gasteiger partial charge in [-0.2, -0.15) is 0 Å². The summed E-state index contributed by atoms with van der Waals surface area (Å²) in [6.45, 7) is 7.43. The maximum absolute atomic E-state index is 12.9. The molecule has 4 nitrogen and oxygen atoms in total. The van der Waals surface area contributed by atoms with Crippen molar-refractivity contribution in [3.63, 3.8) is 0 Å². The molecule has 1 aliphatic heterocycles.